The summed E-state index contributed by atoms with van der Waals surface area (Å²) in [5.74, 6) is 2.76. The molecule has 3 atom stereocenters. The highest BCUT2D eigenvalue weighted by atomic mass is 16.5. The molecule has 0 aromatic heterocycles. The van der Waals surface area contributed by atoms with E-state index in [1.54, 1.807) is 0 Å². The van der Waals surface area contributed by atoms with Gasteiger partial charge in [0.1, 0.15) is 0 Å². The molecule has 2 aliphatic heterocycles. The van der Waals surface area contributed by atoms with Gasteiger partial charge in [-0.05, 0) is 69.4 Å². The van der Waals surface area contributed by atoms with E-state index in [0.717, 1.165) is 24.4 Å². The summed E-state index contributed by atoms with van der Waals surface area (Å²) >= 11 is 0. The van der Waals surface area contributed by atoms with E-state index < -0.39 is 0 Å². The summed E-state index contributed by atoms with van der Waals surface area (Å²) in [6, 6.07) is 0. The SMILES string of the molecule is CC1CCNCC1C1CCOC2(CCC2)C1. The van der Waals surface area contributed by atoms with Crippen LogP contribution in [0.25, 0.3) is 0 Å². The van der Waals surface area contributed by atoms with Crippen molar-refractivity contribution in [1.29, 1.82) is 0 Å². The Kier molecular flexibility index (Phi) is 2.97. The lowest BCUT2D eigenvalue weighted by Crippen LogP contribution is -2.49. The summed E-state index contributed by atoms with van der Waals surface area (Å²) in [7, 11) is 0. The molecule has 2 nitrogen and oxygen atoms in total. The van der Waals surface area contributed by atoms with E-state index in [9.17, 15) is 0 Å². The van der Waals surface area contributed by atoms with Gasteiger partial charge in [-0.1, -0.05) is 6.92 Å². The molecule has 3 fully saturated rings. The van der Waals surface area contributed by atoms with Crippen molar-refractivity contribution in [3.05, 3.63) is 0 Å². The fraction of sp³-hybridized carbons (Fsp3) is 1.00. The topological polar surface area (TPSA) is 21.3 Å². The van der Waals surface area contributed by atoms with E-state index in [1.165, 1.54) is 51.6 Å². The number of hydrogen-bond acceptors (Lipinski definition) is 2. The van der Waals surface area contributed by atoms with Crippen LogP contribution in [0.2, 0.25) is 0 Å². The minimum Gasteiger partial charge on any atom is -0.375 e. The quantitative estimate of drug-likeness (QED) is 0.738. The minimum atomic E-state index is 0.333. The maximum absolute atomic E-state index is 6.04. The molecule has 1 spiro atoms. The van der Waals surface area contributed by atoms with Crippen molar-refractivity contribution in [3.8, 4) is 0 Å². The largest absolute Gasteiger partial charge is 0.375 e. The van der Waals surface area contributed by atoms with E-state index in [2.05, 4.69) is 12.2 Å². The van der Waals surface area contributed by atoms with Crippen LogP contribution >= 0.6 is 0 Å². The van der Waals surface area contributed by atoms with Crippen molar-refractivity contribution in [2.75, 3.05) is 19.7 Å². The molecular formula is C14H25NO. The second-order valence-corrected chi connectivity index (χ2v) is 6.27. The Morgan fingerprint density at radius 1 is 1.25 bits per heavy atom. The van der Waals surface area contributed by atoms with Crippen LogP contribution in [0.5, 0.6) is 0 Å². The van der Waals surface area contributed by atoms with Gasteiger partial charge >= 0.3 is 0 Å². The van der Waals surface area contributed by atoms with E-state index in [4.69, 9.17) is 4.74 Å². The van der Waals surface area contributed by atoms with E-state index in [-0.39, 0.29) is 0 Å². The van der Waals surface area contributed by atoms with Crippen molar-refractivity contribution in [2.24, 2.45) is 17.8 Å². The number of piperidine rings is 1. The molecule has 2 saturated heterocycles. The van der Waals surface area contributed by atoms with Crippen molar-refractivity contribution < 1.29 is 4.74 Å². The Bertz CT molecular complexity index is 249. The highest BCUT2D eigenvalue weighted by Crippen LogP contribution is 2.47. The van der Waals surface area contributed by atoms with Crippen LogP contribution in [0.1, 0.15) is 45.4 Å². The Morgan fingerprint density at radius 3 is 2.81 bits per heavy atom. The van der Waals surface area contributed by atoms with Crippen molar-refractivity contribution >= 4 is 0 Å². The van der Waals surface area contributed by atoms with Gasteiger partial charge in [0, 0.05) is 6.61 Å². The molecule has 0 aromatic rings. The Balaban J connectivity index is 1.64. The van der Waals surface area contributed by atoms with Gasteiger partial charge in [-0.3, -0.25) is 0 Å². The molecule has 0 amide bonds. The van der Waals surface area contributed by atoms with Gasteiger partial charge in [0.15, 0.2) is 0 Å². The first-order valence-electron chi connectivity index (χ1n) is 7.14. The van der Waals surface area contributed by atoms with Crippen molar-refractivity contribution in [3.63, 3.8) is 0 Å². The first-order valence-corrected chi connectivity index (χ1v) is 7.14. The Morgan fingerprint density at radius 2 is 2.12 bits per heavy atom. The fourth-order valence-corrected chi connectivity index (χ4v) is 4.00. The molecule has 2 heterocycles. The maximum atomic E-state index is 6.04. The molecule has 0 radical (unpaired) electrons. The van der Waals surface area contributed by atoms with Crippen LogP contribution in [0.15, 0.2) is 0 Å². The zero-order valence-corrected chi connectivity index (χ0v) is 10.5. The van der Waals surface area contributed by atoms with Crippen LogP contribution in [0.3, 0.4) is 0 Å². The van der Waals surface area contributed by atoms with Crippen LogP contribution in [-0.2, 0) is 4.74 Å². The zero-order chi connectivity index (χ0) is 11.0. The third-order valence-electron chi connectivity index (χ3n) is 5.29. The number of ether oxygens (including phenoxy) is 1. The first kappa shape index (κ1) is 11.0. The maximum Gasteiger partial charge on any atom is 0.0685 e. The lowest BCUT2D eigenvalue weighted by atomic mass is 9.66. The normalized spacial score (nSPS) is 42.9. The van der Waals surface area contributed by atoms with Gasteiger partial charge < -0.3 is 10.1 Å². The minimum absolute atomic E-state index is 0.333. The van der Waals surface area contributed by atoms with Crippen LogP contribution < -0.4 is 5.32 Å². The molecule has 0 bridgehead atoms. The third-order valence-corrected chi connectivity index (χ3v) is 5.29. The Labute approximate surface area is 99.1 Å². The van der Waals surface area contributed by atoms with Gasteiger partial charge in [-0.2, -0.15) is 0 Å². The Hall–Kier alpha value is -0.0800. The van der Waals surface area contributed by atoms with Crippen molar-refractivity contribution in [1.82, 2.24) is 5.32 Å². The van der Waals surface area contributed by atoms with Crippen LogP contribution in [0, 0.1) is 17.8 Å². The fourth-order valence-electron chi connectivity index (χ4n) is 4.00. The second-order valence-electron chi connectivity index (χ2n) is 6.27. The van der Waals surface area contributed by atoms with E-state index in [1.807, 2.05) is 0 Å². The predicted molar refractivity (Wildman–Crippen MR) is 65.4 cm³/mol. The molecule has 0 aromatic carbocycles. The molecule has 1 N–H and O–H groups in total. The average molecular weight is 223 g/mol. The summed E-state index contributed by atoms with van der Waals surface area (Å²) < 4.78 is 6.04. The summed E-state index contributed by atoms with van der Waals surface area (Å²) in [5.41, 5.74) is 0.333. The number of hydrogen-bond donors (Lipinski definition) is 1. The summed E-state index contributed by atoms with van der Waals surface area (Å²) in [4.78, 5) is 0. The third kappa shape index (κ3) is 1.91. The summed E-state index contributed by atoms with van der Waals surface area (Å²) in [5, 5.41) is 3.59. The lowest BCUT2D eigenvalue weighted by molar-refractivity contribution is -0.153. The monoisotopic (exact) mass is 223 g/mol. The average Bonchev–Trinajstić information content (AvgIpc) is 2.28. The first-order chi connectivity index (χ1) is 7.79. The highest BCUT2D eigenvalue weighted by molar-refractivity contribution is 4.96. The smallest absolute Gasteiger partial charge is 0.0685 e. The predicted octanol–water partition coefficient (Wildman–Crippen LogP) is 2.58. The number of nitrogens with one attached hydrogen (secondary N) is 1. The number of rotatable bonds is 1. The highest BCUT2D eigenvalue weighted by Gasteiger charge is 2.45. The molecule has 1 saturated carbocycles. The molecule has 92 valence electrons. The standard InChI is InChI=1S/C14H25NO/c1-11-3-7-15-10-13(11)12-4-8-16-14(9-12)5-2-6-14/h11-13,15H,2-10H2,1H3. The zero-order valence-electron chi connectivity index (χ0n) is 10.5. The lowest BCUT2D eigenvalue weighted by Gasteiger charge is -2.50. The molecule has 3 rings (SSSR count). The van der Waals surface area contributed by atoms with Gasteiger partial charge in [0.05, 0.1) is 5.60 Å². The summed E-state index contributed by atoms with van der Waals surface area (Å²) in [6.45, 7) is 5.95. The molecular weight excluding hydrogens is 198 g/mol. The van der Waals surface area contributed by atoms with Gasteiger partial charge in [0.25, 0.3) is 0 Å². The van der Waals surface area contributed by atoms with Gasteiger partial charge in [-0.25, -0.2) is 0 Å². The van der Waals surface area contributed by atoms with E-state index in [0.29, 0.717) is 5.60 Å². The van der Waals surface area contributed by atoms with Gasteiger partial charge in [-0.15, -0.1) is 0 Å². The second kappa shape index (κ2) is 4.30. The molecule has 3 unspecified atom stereocenters. The molecule has 2 heteroatoms. The van der Waals surface area contributed by atoms with Crippen LogP contribution in [-0.4, -0.2) is 25.3 Å². The van der Waals surface area contributed by atoms with Crippen molar-refractivity contribution in [2.45, 2.75) is 51.0 Å². The molecule has 16 heavy (non-hydrogen) atoms. The molecule has 3 aliphatic rings. The molecule has 1 aliphatic carbocycles. The van der Waals surface area contributed by atoms with E-state index >= 15 is 0 Å². The van der Waals surface area contributed by atoms with Gasteiger partial charge in [0.2, 0.25) is 0 Å². The van der Waals surface area contributed by atoms with Crippen LogP contribution in [0.4, 0.5) is 0 Å². The summed E-state index contributed by atoms with van der Waals surface area (Å²) in [6.07, 6.45) is 8.08.